The van der Waals surface area contributed by atoms with Crippen LogP contribution in [0, 0.1) is 11.3 Å². The highest BCUT2D eigenvalue weighted by atomic mass is 16.5. The standard InChI is InChI=1S/C24H20N4O4/c1-30-17-7-6-15-10-16(12-25)24(29)28(21(15)11-17)13-22-26-20-5-3-2-4-19(20)23(27-22)32-18-8-9-31-14-18/h2-7,10-11,18H,8-9,13-14H2,1H3. The Morgan fingerprint density at radius 2 is 2.09 bits per heavy atom. The molecule has 32 heavy (non-hydrogen) atoms. The molecule has 8 nitrogen and oxygen atoms in total. The highest BCUT2D eigenvalue weighted by Gasteiger charge is 2.20. The van der Waals surface area contributed by atoms with Crippen LogP contribution in [-0.4, -0.2) is 41.0 Å². The molecule has 0 aliphatic carbocycles. The third kappa shape index (κ3) is 3.63. The second kappa shape index (κ2) is 8.29. The Hall–Kier alpha value is -3.96. The maximum atomic E-state index is 13.0. The zero-order valence-electron chi connectivity index (χ0n) is 17.4. The Balaban J connectivity index is 1.65. The fraction of sp³-hybridized carbons (Fsp3) is 0.250. The summed E-state index contributed by atoms with van der Waals surface area (Å²) in [5.41, 5.74) is 1.01. The molecule has 3 heterocycles. The quantitative estimate of drug-likeness (QED) is 0.482. The summed E-state index contributed by atoms with van der Waals surface area (Å²) in [4.78, 5) is 22.3. The van der Waals surface area contributed by atoms with E-state index in [1.165, 1.54) is 4.57 Å². The number of ether oxygens (including phenoxy) is 3. The fourth-order valence-electron chi connectivity index (χ4n) is 3.87. The Labute approximate surface area is 183 Å². The molecule has 1 aliphatic heterocycles. The first-order valence-corrected chi connectivity index (χ1v) is 10.3. The zero-order valence-corrected chi connectivity index (χ0v) is 17.4. The number of methoxy groups -OCH3 is 1. The number of nitriles is 1. The van der Waals surface area contributed by atoms with Gasteiger partial charge in [-0.25, -0.2) is 4.98 Å². The largest absolute Gasteiger partial charge is 0.497 e. The molecule has 5 rings (SSSR count). The lowest BCUT2D eigenvalue weighted by atomic mass is 10.1. The summed E-state index contributed by atoms with van der Waals surface area (Å²) in [6.07, 6.45) is 0.720. The van der Waals surface area contributed by atoms with Crippen molar-refractivity contribution in [3.05, 3.63) is 70.3 Å². The SMILES string of the molecule is COc1ccc2cc(C#N)c(=O)n(Cc3nc(OC4CCOC4)c4ccccc4n3)c2c1. The molecule has 4 aromatic rings. The van der Waals surface area contributed by atoms with Gasteiger partial charge in [-0.15, -0.1) is 0 Å². The molecule has 1 atom stereocenters. The van der Waals surface area contributed by atoms with Gasteiger partial charge < -0.3 is 14.2 Å². The highest BCUT2D eigenvalue weighted by Crippen LogP contribution is 2.26. The Morgan fingerprint density at radius 1 is 1.22 bits per heavy atom. The van der Waals surface area contributed by atoms with E-state index < -0.39 is 5.56 Å². The van der Waals surface area contributed by atoms with Gasteiger partial charge in [-0.05, 0) is 30.3 Å². The van der Waals surface area contributed by atoms with Crippen LogP contribution >= 0.6 is 0 Å². The molecule has 0 radical (unpaired) electrons. The van der Waals surface area contributed by atoms with Crippen molar-refractivity contribution in [2.24, 2.45) is 0 Å². The molecule has 0 saturated carbocycles. The van der Waals surface area contributed by atoms with Crippen LogP contribution in [0.4, 0.5) is 0 Å². The normalized spacial score (nSPS) is 15.7. The van der Waals surface area contributed by atoms with Crippen LogP contribution in [0.2, 0.25) is 0 Å². The number of aromatic nitrogens is 3. The van der Waals surface area contributed by atoms with Crippen LogP contribution in [0.3, 0.4) is 0 Å². The summed E-state index contributed by atoms with van der Waals surface area (Å²) in [7, 11) is 1.57. The first-order chi connectivity index (χ1) is 15.7. The third-order valence-electron chi connectivity index (χ3n) is 5.50. The molecule has 8 heteroatoms. The highest BCUT2D eigenvalue weighted by molar-refractivity contribution is 5.84. The maximum Gasteiger partial charge on any atom is 0.269 e. The smallest absolute Gasteiger partial charge is 0.269 e. The van der Waals surface area contributed by atoms with E-state index >= 15 is 0 Å². The first-order valence-electron chi connectivity index (χ1n) is 10.3. The van der Waals surface area contributed by atoms with Crippen molar-refractivity contribution in [3.63, 3.8) is 0 Å². The molecule has 0 N–H and O–H groups in total. The van der Waals surface area contributed by atoms with Crippen LogP contribution < -0.4 is 15.0 Å². The number of rotatable bonds is 5. The second-order valence-corrected chi connectivity index (χ2v) is 7.55. The number of benzene rings is 2. The molecule has 1 unspecified atom stereocenters. The van der Waals surface area contributed by atoms with E-state index in [2.05, 4.69) is 9.97 Å². The summed E-state index contributed by atoms with van der Waals surface area (Å²) >= 11 is 0. The van der Waals surface area contributed by atoms with Gasteiger partial charge >= 0.3 is 0 Å². The van der Waals surface area contributed by atoms with E-state index in [4.69, 9.17) is 14.2 Å². The van der Waals surface area contributed by atoms with Crippen LogP contribution in [-0.2, 0) is 11.3 Å². The molecule has 0 amide bonds. The minimum absolute atomic E-state index is 0.0584. The Morgan fingerprint density at radius 3 is 2.88 bits per heavy atom. The molecule has 1 saturated heterocycles. The third-order valence-corrected chi connectivity index (χ3v) is 5.50. The minimum atomic E-state index is -0.406. The van der Waals surface area contributed by atoms with Gasteiger partial charge in [0.15, 0.2) is 5.82 Å². The fourth-order valence-corrected chi connectivity index (χ4v) is 3.87. The van der Waals surface area contributed by atoms with Gasteiger partial charge in [0.05, 0.1) is 43.3 Å². The average molecular weight is 428 g/mol. The van der Waals surface area contributed by atoms with E-state index in [0.717, 1.165) is 22.7 Å². The van der Waals surface area contributed by atoms with Crippen molar-refractivity contribution in [2.75, 3.05) is 20.3 Å². The Bertz CT molecular complexity index is 1420. The van der Waals surface area contributed by atoms with Crippen LogP contribution in [0.1, 0.15) is 17.8 Å². The summed E-state index contributed by atoms with van der Waals surface area (Å²) in [5, 5.41) is 11.0. The van der Waals surface area contributed by atoms with Crippen molar-refractivity contribution in [2.45, 2.75) is 19.1 Å². The first kappa shape index (κ1) is 20.0. The lowest BCUT2D eigenvalue weighted by Crippen LogP contribution is -2.25. The van der Waals surface area contributed by atoms with Crippen molar-refractivity contribution >= 4 is 21.8 Å². The Kier molecular flexibility index (Phi) is 5.17. The van der Waals surface area contributed by atoms with E-state index in [9.17, 15) is 10.1 Å². The second-order valence-electron chi connectivity index (χ2n) is 7.55. The topological polar surface area (TPSA) is 99.3 Å². The lowest BCUT2D eigenvalue weighted by Gasteiger charge is -2.15. The molecule has 160 valence electrons. The predicted octanol–water partition coefficient (Wildman–Crippen LogP) is 3.04. The van der Waals surface area contributed by atoms with Crippen molar-refractivity contribution < 1.29 is 14.2 Å². The number of hydrogen-bond acceptors (Lipinski definition) is 7. The lowest BCUT2D eigenvalue weighted by molar-refractivity contribution is 0.139. The van der Waals surface area contributed by atoms with Crippen LogP contribution in [0.15, 0.2) is 53.3 Å². The molecular weight excluding hydrogens is 408 g/mol. The minimum Gasteiger partial charge on any atom is -0.497 e. The number of fused-ring (bicyclic) bond motifs is 2. The van der Waals surface area contributed by atoms with Crippen molar-refractivity contribution in [1.29, 1.82) is 5.26 Å². The van der Waals surface area contributed by atoms with Gasteiger partial charge in [0.25, 0.3) is 5.56 Å². The molecule has 1 fully saturated rings. The molecule has 1 aliphatic rings. The van der Waals surface area contributed by atoms with Gasteiger partial charge in [0, 0.05) is 17.9 Å². The number of nitrogens with zero attached hydrogens (tertiary/aromatic N) is 4. The van der Waals surface area contributed by atoms with Gasteiger partial charge in [-0.3, -0.25) is 9.36 Å². The molecule has 2 aromatic carbocycles. The molecular formula is C24H20N4O4. The summed E-state index contributed by atoms with van der Waals surface area (Å²) in [6, 6.07) is 16.5. The van der Waals surface area contributed by atoms with Gasteiger partial charge in [0.1, 0.15) is 23.5 Å². The van der Waals surface area contributed by atoms with E-state index in [-0.39, 0.29) is 18.2 Å². The van der Waals surface area contributed by atoms with Crippen molar-refractivity contribution in [1.82, 2.24) is 14.5 Å². The van der Waals surface area contributed by atoms with E-state index in [0.29, 0.717) is 36.2 Å². The van der Waals surface area contributed by atoms with Gasteiger partial charge in [0.2, 0.25) is 5.88 Å². The van der Waals surface area contributed by atoms with Crippen LogP contribution in [0.25, 0.3) is 21.8 Å². The van der Waals surface area contributed by atoms with Crippen LogP contribution in [0.5, 0.6) is 11.6 Å². The summed E-state index contributed by atoms with van der Waals surface area (Å²) in [5.74, 6) is 1.49. The summed E-state index contributed by atoms with van der Waals surface area (Å²) in [6.45, 7) is 1.26. The monoisotopic (exact) mass is 428 g/mol. The number of hydrogen-bond donors (Lipinski definition) is 0. The van der Waals surface area contributed by atoms with E-state index in [1.807, 2.05) is 36.4 Å². The molecule has 0 bridgehead atoms. The van der Waals surface area contributed by atoms with Gasteiger partial charge in [-0.1, -0.05) is 12.1 Å². The number of pyridine rings is 1. The molecule has 0 spiro atoms. The maximum absolute atomic E-state index is 13.0. The predicted molar refractivity (Wildman–Crippen MR) is 118 cm³/mol. The molecule has 2 aromatic heterocycles. The average Bonchev–Trinajstić information content (AvgIpc) is 3.33. The zero-order chi connectivity index (χ0) is 22.1. The summed E-state index contributed by atoms with van der Waals surface area (Å²) < 4.78 is 18.4. The van der Waals surface area contributed by atoms with E-state index in [1.54, 1.807) is 25.3 Å². The van der Waals surface area contributed by atoms with Gasteiger partial charge in [-0.2, -0.15) is 10.2 Å². The number of para-hydroxylation sites is 1. The van der Waals surface area contributed by atoms with Crippen molar-refractivity contribution in [3.8, 4) is 17.7 Å².